The van der Waals surface area contributed by atoms with E-state index in [1.54, 1.807) is 18.5 Å². The molecule has 174 valence electrons. The van der Waals surface area contributed by atoms with Crippen LogP contribution in [-0.4, -0.2) is 34.0 Å². The van der Waals surface area contributed by atoms with Gasteiger partial charge in [-0.1, -0.05) is 54.6 Å². The van der Waals surface area contributed by atoms with E-state index in [9.17, 15) is 9.90 Å². The molecule has 2 heterocycles. The number of nitrogens with two attached hydrogens (primary N) is 1. The second-order valence-electron chi connectivity index (χ2n) is 7.91. The molecule has 1 aliphatic heterocycles. The Bertz CT molecular complexity index is 1080. The Morgan fingerprint density at radius 1 is 1.00 bits per heavy atom. The molecule has 1 aliphatic rings. The van der Waals surface area contributed by atoms with Crippen LogP contribution in [0.4, 0.5) is 0 Å². The maximum absolute atomic E-state index is 13.0. The molecular weight excluding hydrogens is 457 g/mol. The monoisotopic (exact) mass is 485 g/mol. The first-order valence-electron chi connectivity index (χ1n) is 10.6. The van der Waals surface area contributed by atoms with Gasteiger partial charge in [0.15, 0.2) is 0 Å². The molecule has 1 fully saturated rings. The number of rotatable bonds is 5. The minimum absolute atomic E-state index is 0. The maximum Gasteiger partial charge on any atom is 0.255 e. The first-order chi connectivity index (χ1) is 15.1. The van der Waals surface area contributed by atoms with Gasteiger partial charge in [-0.15, -0.1) is 24.8 Å². The predicted molar refractivity (Wildman–Crippen MR) is 138 cm³/mol. The number of benzene rings is 2. The third-order valence-corrected chi connectivity index (χ3v) is 5.82. The molecule has 0 bridgehead atoms. The van der Waals surface area contributed by atoms with Crippen LogP contribution in [0.3, 0.4) is 0 Å². The van der Waals surface area contributed by atoms with Crippen molar-refractivity contribution >= 4 is 42.9 Å². The highest BCUT2D eigenvalue weighted by atomic mass is 35.5. The van der Waals surface area contributed by atoms with E-state index in [0.717, 1.165) is 35.1 Å². The molecule has 1 saturated heterocycles. The van der Waals surface area contributed by atoms with Gasteiger partial charge in [0.25, 0.3) is 5.91 Å². The molecule has 33 heavy (non-hydrogen) atoms. The Labute approximate surface area is 207 Å². The van der Waals surface area contributed by atoms with Crippen LogP contribution in [0.15, 0.2) is 67.0 Å². The zero-order valence-electron chi connectivity index (χ0n) is 18.3. The molecule has 0 unspecified atom stereocenters. The second kappa shape index (κ2) is 12.4. The van der Waals surface area contributed by atoms with Gasteiger partial charge >= 0.3 is 0 Å². The van der Waals surface area contributed by atoms with Crippen molar-refractivity contribution in [3.8, 4) is 5.75 Å². The summed E-state index contributed by atoms with van der Waals surface area (Å²) in [6.45, 7) is 1.76. The number of pyridine rings is 1. The number of aromatic hydroxyl groups is 1. The SMILES string of the molecule is Cl.Cl.NCc1ccc(O)c(C2CCN(C(=O)c3cncc(C=Cc4ccccc4)c3)CC2)c1. The van der Waals surface area contributed by atoms with Crippen LogP contribution >= 0.6 is 24.8 Å². The quantitative estimate of drug-likeness (QED) is 0.515. The van der Waals surface area contributed by atoms with Gasteiger partial charge in [0.2, 0.25) is 0 Å². The number of nitrogens with zero attached hydrogens (tertiary/aromatic N) is 2. The number of likely N-dealkylation sites (tertiary alicyclic amines) is 1. The molecule has 4 rings (SSSR count). The molecule has 0 spiro atoms. The van der Waals surface area contributed by atoms with Gasteiger partial charge in [-0.25, -0.2) is 0 Å². The summed E-state index contributed by atoms with van der Waals surface area (Å²) < 4.78 is 0. The van der Waals surface area contributed by atoms with E-state index in [2.05, 4.69) is 4.98 Å². The van der Waals surface area contributed by atoms with Crippen LogP contribution < -0.4 is 5.73 Å². The van der Waals surface area contributed by atoms with Crippen LogP contribution in [0.1, 0.15) is 51.4 Å². The predicted octanol–water partition coefficient (Wildman–Crippen LogP) is 5.28. The number of carbonyl (C=O) groups is 1. The summed E-state index contributed by atoms with van der Waals surface area (Å²) >= 11 is 0. The number of piperidine rings is 1. The van der Waals surface area contributed by atoms with Gasteiger partial charge in [-0.3, -0.25) is 9.78 Å². The normalized spacial score (nSPS) is 13.9. The molecule has 2 aromatic carbocycles. The minimum Gasteiger partial charge on any atom is -0.508 e. The molecular formula is C26H29Cl2N3O2. The van der Waals surface area contributed by atoms with Crippen molar-refractivity contribution in [3.05, 3.63) is 94.8 Å². The molecule has 7 heteroatoms. The lowest BCUT2D eigenvalue weighted by Gasteiger charge is -2.32. The van der Waals surface area contributed by atoms with E-state index in [1.165, 1.54) is 0 Å². The average molecular weight is 486 g/mol. The van der Waals surface area contributed by atoms with Crippen LogP contribution in [0.25, 0.3) is 12.2 Å². The van der Waals surface area contributed by atoms with Crippen LogP contribution in [0.5, 0.6) is 5.75 Å². The minimum atomic E-state index is 0. The number of carbonyl (C=O) groups excluding carboxylic acids is 1. The Morgan fingerprint density at radius 3 is 2.39 bits per heavy atom. The smallest absolute Gasteiger partial charge is 0.255 e. The summed E-state index contributed by atoms with van der Waals surface area (Å²) in [6, 6.07) is 17.5. The van der Waals surface area contributed by atoms with E-state index in [-0.39, 0.29) is 36.6 Å². The molecule has 0 aliphatic carbocycles. The lowest BCUT2D eigenvalue weighted by atomic mass is 9.87. The van der Waals surface area contributed by atoms with Gasteiger partial charge in [0.05, 0.1) is 5.56 Å². The van der Waals surface area contributed by atoms with Gasteiger partial charge < -0.3 is 15.7 Å². The molecule has 1 amide bonds. The Morgan fingerprint density at radius 2 is 1.70 bits per heavy atom. The molecule has 3 aromatic rings. The zero-order chi connectivity index (χ0) is 21.6. The summed E-state index contributed by atoms with van der Waals surface area (Å²) in [5.41, 5.74) is 10.3. The number of phenolic OH excluding ortho intramolecular Hbond substituents is 1. The van der Waals surface area contributed by atoms with Crippen molar-refractivity contribution in [2.45, 2.75) is 25.3 Å². The fourth-order valence-corrected chi connectivity index (χ4v) is 4.06. The van der Waals surface area contributed by atoms with Crippen LogP contribution in [-0.2, 0) is 6.54 Å². The summed E-state index contributed by atoms with van der Waals surface area (Å²) in [5, 5.41) is 10.3. The first-order valence-corrected chi connectivity index (χ1v) is 10.6. The average Bonchev–Trinajstić information content (AvgIpc) is 2.83. The van der Waals surface area contributed by atoms with Crippen molar-refractivity contribution in [3.63, 3.8) is 0 Å². The van der Waals surface area contributed by atoms with E-state index < -0.39 is 0 Å². The van der Waals surface area contributed by atoms with Gasteiger partial charge in [-0.05, 0) is 53.1 Å². The number of amides is 1. The second-order valence-corrected chi connectivity index (χ2v) is 7.91. The van der Waals surface area contributed by atoms with Crippen molar-refractivity contribution in [1.29, 1.82) is 0 Å². The molecule has 0 atom stereocenters. The van der Waals surface area contributed by atoms with Gasteiger partial charge in [0.1, 0.15) is 5.75 Å². The van der Waals surface area contributed by atoms with Crippen molar-refractivity contribution in [2.75, 3.05) is 13.1 Å². The van der Waals surface area contributed by atoms with Crippen molar-refractivity contribution in [1.82, 2.24) is 9.88 Å². The number of hydrogen-bond acceptors (Lipinski definition) is 4. The summed E-state index contributed by atoms with van der Waals surface area (Å²) in [4.78, 5) is 19.2. The highest BCUT2D eigenvalue weighted by molar-refractivity contribution is 5.94. The van der Waals surface area contributed by atoms with Crippen LogP contribution in [0, 0.1) is 0 Å². The Balaban J connectivity index is 0.00000193. The number of hydrogen-bond donors (Lipinski definition) is 2. The van der Waals surface area contributed by atoms with Crippen molar-refractivity contribution in [2.24, 2.45) is 5.73 Å². The summed E-state index contributed by atoms with van der Waals surface area (Å²) in [7, 11) is 0. The highest BCUT2D eigenvalue weighted by Gasteiger charge is 2.26. The number of halogens is 2. The third kappa shape index (κ3) is 6.57. The van der Waals surface area contributed by atoms with Crippen molar-refractivity contribution < 1.29 is 9.90 Å². The molecule has 3 N–H and O–H groups in total. The summed E-state index contributed by atoms with van der Waals surface area (Å²) in [6.07, 6.45) is 9.00. The maximum atomic E-state index is 13.0. The number of phenols is 1. The fraction of sp³-hybridized carbons (Fsp3) is 0.231. The topological polar surface area (TPSA) is 79.5 Å². The lowest BCUT2D eigenvalue weighted by molar-refractivity contribution is 0.0712. The highest BCUT2D eigenvalue weighted by Crippen LogP contribution is 2.34. The fourth-order valence-electron chi connectivity index (χ4n) is 4.06. The third-order valence-electron chi connectivity index (χ3n) is 5.82. The molecule has 1 aromatic heterocycles. The van der Waals surface area contributed by atoms with Crippen LogP contribution in [0.2, 0.25) is 0 Å². The first kappa shape index (κ1) is 26.4. The molecule has 0 radical (unpaired) electrons. The molecule has 0 saturated carbocycles. The zero-order valence-corrected chi connectivity index (χ0v) is 19.9. The Hall–Kier alpha value is -2.86. The van der Waals surface area contributed by atoms with Gasteiger partial charge in [-0.2, -0.15) is 0 Å². The summed E-state index contributed by atoms with van der Waals surface area (Å²) in [5.74, 6) is 0.540. The standard InChI is InChI=1S/C26H27N3O2.2ClH/c27-16-20-8-9-25(30)24(15-20)22-10-12-29(13-11-22)26(31)23-14-21(17-28-18-23)7-6-19-4-2-1-3-5-19;;/h1-9,14-15,17-18,22,30H,10-13,16,27H2;2*1H. The van der Waals surface area contributed by atoms with Gasteiger partial charge in [0, 0.05) is 32.0 Å². The Kier molecular flexibility index (Phi) is 9.92. The van der Waals surface area contributed by atoms with E-state index >= 15 is 0 Å². The van der Waals surface area contributed by atoms with E-state index in [0.29, 0.717) is 30.9 Å². The lowest BCUT2D eigenvalue weighted by Crippen LogP contribution is -2.38. The largest absolute Gasteiger partial charge is 0.508 e. The number of aromatic nitrogens is 1. The molecule has 5 nitrogen and oxygen atoms in total. The van der Waals surface area contributed by atoms with E-state index in [1.807, 2.05) is 65.6 Å². The van der Waals surface area contributed by atoms with E-state index in [4.69, 9.17) is 5.73 Å².